The third kappa shape index (κ3) is 5.56. The van der Waals surface area contributed by atoms with E-state index in [4.69, 9.17) is 0 Å². The van der Waals surface area contributed by atoms with E-state index >= 15 is 0 Å². The standard InChI is InChI=1S/C21H36IP/c1-5-9-17-23(22,18-10-6-2,19-11-7-3)21(8-4)20-15-13-12-14-16-20/h8,12-16,21H,4-7,9-11,17-19H2,1-3H3. The fraction of sp³-hybridized carbons (Fsp3) is 0.619. The van der Waals surface area contributed by atoms with Gasteiger partial charge in [-0.25, -0.2) is 0 Å². The molecule has 1 rings (SSSR count). The monoisotopic (exact) mass is 446 g/mol. The molecule has 0 fully saturated rings. The summed E-state index contributed by atoms with van der Waals surface area (Å²) in [5, 5.41) is 0. The second-order valence-corrected chi connectivity index (χ2v) is 20.1. The molecule has 0 saturated carbocycles. The van der Waals surface area contributed by atoms with Gasteiger partial charge < -0.3 is 0 Å². The predicted molar refractivity (Wildman–Crippen MR) is 120 cm³/mol. The summed E-state index contributed by atoms with van der Waals surface area (Å²) in [6.45, 7) is 11.3. The van der Waals surface area contributed by atoms with Crippen LogP contribution >= 0.6 is 26.3 Å². The summed E-state index contributed by atoms with van der Waals surface area (Å²) in [7, 11) is 0. The van der Waals surface area contributed by atoms with E-state index in [9.17, 15) is 0 Å². The van der Waals surface area contributed by atoms with Crippen molar-refractivity contribution in [2.24, 2.45) is 0 Å². The van der Waals surface area contributed by atoms with E-state index in [0.29, 0.717) is 5.66 Å². The normalized spacial score (nSPS) is 14.9. The van der Waals surface area contributed by atoms with E-state index in [2.05, 4.69) is 85.8 Å². The molecule has 0 aliphatic heterocycles. The Labute approximate surface area is 157 Å². The van der Waals surface area contributed by atoms with Crippen LogP contribution in [-0.4, -0.2) is 18.5 Å². The van der Waals surface area contributed by atoms with Crippen molar-refractivity contribution in [1.82, 2.24) is 0 Å². The van der Waals surface area contributed by atoms with Crippen LogP contribution in [0.2, 0.25) is 0 Å². The number of hydrogen-bond donors (Lipinski definition) is 0. The first-order valence-corrected chi connectivity index (χ1v) is 15.1. The van der Waals surface area contributed by atoms with E-state index in [1.165, 1.54) is 62.6 Å². The summed E-state index contributed by atoms with van der Waals surface area (Å²) in [5.41, 5.74) is 2.06. The van der Waals surface area contributed by atoms with Crippen LogP contribution < -0.4 is 0 Å². The summed E-state index contributed by atoms with van der Waals surface area (Å²) in [6.07, 6.45) is 14.6. The molecule has 2 heteroatoms. The van der Waals surface area contributed by atoms with E-state index in [-0.39, 0.29) is 0 Å². The van der Waals surface area contributed by atoms with Crippen molar-refractivity contribution >= 4 is 26.3 Å². The van der Waals surface area contributed by atoms with E-state index in [1.807, 2.05) is 0 Å². The molecule has 0 saturated heterocycles. The Morgan fingerprint density at radius 2 is 1.35 bits per heavy atom. The SMILES string of the molecule is C=CC(c1ccccc1)P(I)(CCCC)(CCCC)CCCC. The van der Waals surface area contributed by atoms with Gasteiger partial charge in [0.15, 0.2) is 0 Å². The zero-order valence-corrected chi connectivity index (χ0v) is 18.5. The Morgan fingerprint density at radius 1 is 0.913 bits per heavy atom. The Bertz CT molecular complexity index is 430. The molecule has 0 aliphatic rings. The number of hydrogen-bond acceptors (Lipinski definition) is 0. The van der Waals surface area contributed by atoms with Gasteiger partial charge in [0.2, 0.25) is 0 Å². The van der Waals surface area contributed by atoms with Crippen LogP contribution in [0.3, 0.4) is 0 Å². The summed E-state index contributed by atoms with van der Waals surface area (Å²) in [6, 6.07) is 11.2. The Hall–Kier alpha value is 0.120. The van der Waals surface area contributed by atoms with Crippen LogP contribution in [0.25, 0.3) is 0 Å². The molecule has 0 amide bonds. The molecule has 132 valence electrons. The van der Waals surface area contributed by atoms with Gasteiger partial charge in [-0.3, -0.25) is 0 Å². The second-order valence-electron chi connectivity index (χ2n) is 7.00. The van der Waals surface area contributed by atoms with E-state index < -0.39 is 4.25 Å². The zero-order chi connectivity index (χ0) is 17.2. The first-order chi connectivity index (χ1) is 11.0. The zero-order valence-electron chi connectivity index (χ0n) is 15.4. The molecule has 0 heterocycles. The molecule has 23 heavy (non-hydrogen) atoms. The number of benzene rings is 1. The topological polar surface area (TPSA) is 0 Å². The summed E-state index contributed by atoms with van der Waals surface area (Å²) in [5.74, 6) is 0. The molecule has 0 aliphatic carbocycles. The minimum absolute atomic E-state index is 0.562. The third-order valence-electron chi connectivity index (χ3n) is 5.18. The van der Waals surface area contributed by atoms with E-state index in [1.54, 1.807) is 0 Å². The van der Waals surface area contributed by atoms with Crippen LogP contribution in [0.5, 0.6) is 0 Å². The van der Waals surface area contributed by atoms with Crippen LogP contribution in [-0.2, 0) is 0 Å². The van der Waals surface area contributed by atoms with Gasteiger partial charge in [0.05, 0.1) is 0 Å². The average Bonchev–Trinajstić information content (AvgIpc) is 2.59. The molecule has 0 spiro atoms. The van der Waals surface area contributed by atoms with Gasteiger partial charge in [-0.15, -0.1) is 0 Å². The van der Waals surface area contributed by atoms with Crippen LogP contribution in [0, 0.1) is 0 Å². The van der Waals surface area contributed by atoms with Crippen LogP contribution in [0.15, 0.2) is 43.0 Å². The Kier molecular flexibility index (Phi) is 9.37. The summed E-state index contributed by atoms with van der Waals surface area (Å²) >= 11 is 3.00. The van der Waals surface area contributed by atoms with Gasteiger partial charge in [-0.05, 0) is 0 Å². The average molecular weight is 446 g/mol. The van der Waals surface area contributed by atoms with Gasteiger partial charge in [-0.2, -0.15) is 0 Å². The number of allylic oxidation sites excluding steroid dienone is 1. The first kappa shape index (κ1) is 21.2. The van der Waals surface area contributed by atoms with Gasteiger partial charge in [0.1, 0.15) is 0 Å². The van der Waals surface area contributed by atoms with Crippen molar-refractivity contribution in [3.8, 4) is 0 Å². The van der Waals surface area contributed by atoms with Gasteiger partial charge in [0.25, 0.3) is 0 Å². The molecule has 1 atom stereocenters. The molecule has 0 nitrogen and oxygen atoms in total. The minimum atomic E-state index is -1.87. The first-order valence-electron chi connectivity index (χ1n) is 9.44. The maximum atomic E-state index is 4.30. The summed E-state index contributed by atoms with van der Waals surface area (Å²) in [4.78, 5) is 0. The molecule has 0 aromatic heterocycles. The fourth-order valence-corrected chi connectivity index (χ4v) is 14.6. The molecule has 1 aromatic carbocycles. The molecule has 0 radical (unpaired) electrons. The maximum absolute atomic E-state index is 4.30. The van der Waals surface area contributed by atoms with Crippen molar-refractivity contribution < 1.29 is 0 Å². The molecule has 0 bridgehead atoms. The van der Waals surface area contributed by atoms with Crippen molar-refractivity contribution in [1.29, 1.82) is 0 Å². The second kappa shape index (κ2) is 10.2. The Balaban J connectivity index is 3.33. The molecule has 0 N–H and O–H groups in total. The van der Waals surface area contributed by atoms with Crippen LogP contribution in [0.4, 0.5) is 0 Å². The number of rotatable bonds is 12. The third-order valence-corrected chi connectivity index (χ3v) is 17.4. The van der Waals surface area contributed by atoms with Gasteiger partial charge in [0, 0.05) is 0 Å². The molecular formula is C21H36IP. The quantitative estimate of drug-likeness (QED) is 0.172. The molecule has 1 unspecified atom stereocenters. The Morgan fingerprint density at radius 3 is 1.70 bits per heavy atom. The number of unbranched alkanes of at least 4 members (excludes halogenated alkanes) is 3. The number of halogens is 1. The summed E-state index contributed by atoms with van der Waals surface area (Å²) < 4.78 is -1.87. The van der Waals surface area contributed by atoms with Gasteiger partial charge >= 0.3 is 158 Å². The molecular weight excluding hydrogens is 410 g/mol. The van der Waals surface area contributed by atoms with Crippen molar-refractivity contribution in [3.63, 3.8) is 0 Å². The fourth-order valence-electron chi connectivity index (χ4n) is 3.77. The van der Waals surface area contributed by atoms with Crippen molar-refractivity contribution in [2.75, 3.05) is 18.5 Å². The van der Waals surface area contributed by atoms with E-state index in [0.717, 1.165) is 0 Å². The molecule has 1 aromatic rings. The van der Waals surface area contributed by atoms with Crippen molar-refractivity contribution in [2.45, 2.75) is 65.0 Å². The van der Waals surface area contributed by atoms with Gasteiger partial charge in [-0.1, -0.05) is 0 Å². The van der Waals surface area contributed by atoms with Crippen LogP contribution in [0.1, 0.15) is 70.5 Å². The predicted octanol–water partition coefficient (Wildman–Crippen LogP) is 8.22. The van der Waals surface area contributed by atoms with Crippen molar-refractivity contribution in [3.05, 3.63) is 48.6 Å².